The van der Waals surface area contributed by atoms with Crippen LogP contribution >= 0.6 is 0 Å². The maximum Gasteiger partial charge on any atom is 0.411 e. The molecule has 4 N–H and O–H groups in total. The molecule has 1 heterocycles. The summed E-state index contributed by atoms with van der Waals surface area (Å²) in [6.07, 6.45) is -4.68. The average Bonchev–Trinajstić information content (AvgIpc) is 2.29. The number of carbonyl (C=O) groups excluding carboxylic acids is 2. The Labute approximate surface area is 70.5 Å². The molecule has 0 bridgehead atoms. The van der Waals surface area contributed by atoms with E-state index in [0.717, 1.165) is 0 Å². The number of primary amides is 1. The minimum absolute atomic E-state index is 1.05. The van der Waals surface area contributed by atoms with Gasteiger partial charge in [0.2, 0.25) is 5.91 Å². The molecule has 0 radical (unpaired) electrons. The van der Waals surface area contributed by atoms with Crippen LogP contribution in [0, 0.1) is 0 Å². The van der Waals surface area contributed by atoms with Gasteiger partial charge in [-0.3, -0.25) is 4.79 Å². The van der Waals surface area contributed by atoms with Crippen LogP contribution in [-0.2, 0) is 4.79 Å². The molecule has 8 heteroatoms. The first-order valence-corrected chi connectivity index (χ1v) is 3.25. The summed E-state index contributed by atoms with van der Waals surface area (Å²) < 4.78 is 36.2. The minimum atomic E-state index is -4.68. The highest BCUT2D eigenvalue weighted by Crippen LogP contribution is 2.24. The number of rotatable bonds is 1. The monoisotopic (exact) mass is 197 g/mol. The van der Waals surface area contributed by atoms with Gasteiger partial charge in [0.1, 0.15) is 6.04 Å². The summed E-state index contributed by atoms with van der Waals surface area (Å²) in [6.45, 7) is 0. The van der Waals surface area contributed by atoms with Gasteiger partial charge in [-0.2, -0.15) is 13.2 Å². The first-order valence-electron chi connectivity index (χ1n) is 3.25. The summed E-state index contributed by atoms with van der Waals surface area (Å²) in [5.41, 5.74) is 4.65. The summed E-state index contributed by atoms with van der Waals surface area (Å²) in [6, 6.07) is -5.02. The van der Waals surface area contributed by atoms with Gasteiger partial charge in [0.25, 0.3) is 0 Å². The minimum Gasteiger partial charge on any atom is -0.368 e. The Morgan fingerprint density at radius 3 is 2.23 bits per heavy atom. The molecule has 0 aliphatic carbocycles. The lowest BCUT2D eigenvalue weighted by Gasteiger charge is -2.17. The van der Waals surface area contributed by atoms with Crippen LogP contribution in [0.25, 0.3) is 0 Å². The van der Waals surface area contributed by atoms with Crippen LogP contribution in [0.3, 0.4) is 0 Å². The lowest BCUT2D eigenvalue weighted by Crippen LogP contribution is -2.51. The zero-order chi connectivity index (χ0) is 10.2. The number of nitrogens with one attached hydrogen (secondary N) is 2. The Balaban J connectivity index is 2.84. The number of hydrogen-bond donors (Lipinski definition) is 3. The largest absolute Gasteiger partial charge is 0.411 e. The lowest BCUT2D eigenvalue weighted by atomic mass is 10.1. The second kappa shape index (κ2) is 2.79. The van der Waals surface area contributed by atoms with E-state index >= 15 is 0 Å². The summed E-state index contributed by atoms with van der Waals surface area (Å²) >= 11 is 0. The first kappa shape index (κ1) is 9.62. The van der Waals surface area contributed by atoms with Crippen molar-refractivity contribution in [1.29, 1.82) is 0 Å². The molecule has 0 spiro atoms. The summed E-state index contributed by atoms with van der Waals surface area (Å²) in [7, 11) is 0. The Kier molecular flexibility index (Phi) is 2.06. The van der Waals surface area contributed by atoms with Crippen LogP contribution in [-0.4, -0.2) is 30.2 Å². The molecule has 1 aliphatic rings. The van der Waals surface area contributed by atoms with Crippen molar-refractivity contribution in [3.63, 3.8) is 0 Å². The highest BCUT2D eigenvalue weighted by atomic mass is 19.4. The molecule has 5 nitrogen and oxygen atoms in total. The Bertz CT molecular complexity index is 252. The number of nitrogens with two attached hydrogens (primary N) is 1. The second-order valence-electron chi connectivity index (χ2n) is 2.52. The summed E-state index contributed by atoms with van der Waals surface area (Å²) in [5.74, 6) is -1.22. The van der Waals surface area contributed by atoms with Crippen molar-refractivity contribution in [3.05, 3.63) is 0 Å². The molecule has 0 aromatic heterocycles. The van der Waals surface area contributed by atoms with E-state index in [4.69, 9.17) is 0 Å². The molecule has 3 amide bonds. The van der Waals surface area contributed by atoms with Gasteiger partial charge in [0.05, 0.1) is 0 Å². The van der Waals surface area contributed by atoms with Gasteiger partial charge in [-0.1, -0.05) is 0 Å². The van der Waals surface area contributed by atoms with Crippen LogP contribution < -0.4 is 16.4 Å². The van der Waals surface area contributed by atoms with Crippen molar-refractivity contribution in [3.8, 4) is 0 Å². The highest BCUT2D eigenvalue weighted by molar-refractivity contribution is 5.90. The van der Waals surface area contributed by atoms with Crippen molar-refractivity contribution in [2.24, 2.45) is 5.73 Å². The van der Waals surface area contributed by atoms with Crippen LogP contribution in [0.2, 0.25) is 0 Å². The normalized spacial score (nSPS) is 28.1. The molecule has 2 atom stereocenters. The molecule has 74 valence electrons. The molecule has 1 fully saturated rings. The van der Waals surface area contributed by atoms with E-state index in [1.54, 1.807) is 10.6 Å². The van der Waals surface area contributed by atoms with Gasteiger partial charge in [-0.15, -0.1) is 0 Å². The zero-order valence-electron chi connectivity index (χ0n) is 6.18. The second-order valence-corrected chi connectivity index (χ2v) is 2.52. The number of urea groups is 1. The van der Waals surface area contributed by atoms with Crippen molar-refractivity contribution in [2.75, 3.05) is 0 Å². The standard InChI is InChI=1S/C5H6F3N3O2/c6-5(7,8)2-1(3(9)12)10-4(13)11-2/h1-2H,(H2,9,12)(H2,10,11,13). The molecule has 13 heavy (non-hydrogen) atoms. The fraction of sp³-hybridized carbons (Fsp3) is 0.600. The maximum absolute atomic E-state index is 12.1. The van der Waals surface area contributed by atoms with E-state index in [9.17, 15) is 22.8 Å². The number of alkyl halides is 3. The van der Waals surface area contributed by atoms with Crippen molar-refractivity contribution < 1.29 is 22.8 Å². The first-order chi connectivity index (χ1) is 5.82. The average molecular weight is 197 g/mol. The maximum atomic E-state index is 12.1. The smallest absolute Gasteiger partial charge is 0.368 e. The lowest BCUT2D eigenvalue weighted by molar-refractivity contribution is -0.159. The van der Waals surface area contributed by atoms with Crippen molar-refractivity contribution in [1.82, 2.24) is 10.6 Å². The Hall–Kier alpha value is -1.47. The van der Waals surface area contributed by atoms with Gasteiger partial charge < -0.3 is 16.4 Å². The van der Waals surface area contributed by atoms with E-state index < -0.39 is 30.2 Å². The third-order valence-corrected chi connectivity index (χ3v) is 1.57. The third-order valence-electron chi connectivity index (χ3n) is 1.57. The fourth-order valence-electron chi connectivity index (χ4n) is 0.997. The van der Waals surface area contributed by atoms with E-state index in [1.807, 2.05) is 0 Å². The van der Waals surface area contributed by atoms with Gasteiger partial charge in [-0.05, 0) is 0 Å². The molecule has 2 unspecified atom stereocenters. The molecule has 0 saturated carbocycles. The molecule has 1 rings (SSSR count). The third kappa shape index (κ3) is 1.82. The topological polar surface area (TPSA) is 84.2 Å². The summed E-state index contributed by atoms with van der Waals surface area (Å²) in [4.78, 5) is 21.0. The number of hydrogen-bond acceptors (Lipinski definition) is 2. The van der Waals surface area contributed by atoms with Crippen LogP contribution in [0.15, 0.2) is 0 Å². The highest BCUT2D eigenvalue weighted by Gasteiger charge is 2.52. The van der Waals surface area contributed by atoms with Gasteiger partial charge in [-0.25, -0.2) is 4.79 Å². The van der Waals surface area contributed by atoms with Crippen LogP contribution in [0.5, 0.6) is 0 Å². The molecule has 1 saturated heterocycles. The van der Waals surface area contributed by atoms with E-state index in [-0.39, 0.29) is 0 Å². The molecular weight excluding hydrogens is 191 g/mol. The summed E-state index contributed by atoms with van der Waals surface area (Å²) in [5, 5.41) is 3.31. The predicted octanol–water partition coefficient (Wildman–Crippen LogP) is -0.916. The molecule has 1 aliphatic heterocycles. The van der Waals surface area contributed by atoms with Gasteiger partial charge in [0, 0.05) is 0 Å². The zero-order valence-corrected chi connectivity index (χ0v) is 6.18. The Morgan fingerprint density at radius 2 is 1.92 bits per heavy atom. The molecule has 0 aromatic rings. The van der Waals surface area contributed by atoms with Crippen LogP contribution in [0.1, 0.15) is 0 Å². The van der Waals surface area contributed by atoms with Crippen molar-refractivity contribution in [2.45, 2.75) is 18.3 Å². The van der Waals surface area contributed by atoms with E-state index in [0.29, 0.717) is 0 Å². The van der Waals surface area contributed by atoms with Gasteiger partial charge >= 0.3 is 12.2 Å². The quantitative estimate of drug-likeness (QED) is 0.508. The SMILES string of the molecule is NC(=O)C1NC(=O)NC1C(F)(F)F. The Morgan fingerprint density at radius 1 is 1.38 bits per heavy atom. The van der Waals surface area contributed by atoms with Gasteiger partial charge in [0.15, 0.2) is 6.04 Å². The number of halogens is 3. The fourth-order valence-corrected chi connectivity index (χ4v) is 0.997. The van der Waals surface area contributed by atoms with E-state index in [1.165, 1.54) is 0 Å². The van der Waals surface area contributed by atoms with E-state index in [2.05, 4.69) is 5.73 Å². The number of carbonyl (C=O) groups is 2. The molecular formula is C5H6F3N3O2. The number of amides is 3. The van der Waals surface area contributed by atoms with Crippen molar-refractivity contribution >= 4 is 11.9 Å². The van der Waals surface area contributed by atoms with Crippen LogP contribution in [0.4, 0.5) is 18.0 Å². The predicted molar refractivity (Wildman–Crippen MR) is 34.5 cm³/mol. The molecule has 0 aromatic carbocycles.